The number of rotatable bonds is 5. The lowest BCUT2D eigenvalue weighted by molar-refractivity contribution is -0.131. The van der Waals surface area contributed by atoms with Gasteiger partial charge in [0.1, 0.15) is 5.25 Å². The van der Waals surface area contributed by atoms with Crippen LogP contribution in [0.15, 0.2) is 12.3 Å². The van der Waals surface area contributed by atoms with Gasteiger partial charge in [-0.2, -0.15) is 5.10 Å². The Labute approximate surface area is 125 Å². The van der Waals surface area contributed by atoms with E-state index >= 15 is 0 Å². The van der Waals surface area contributed by atoms with Gasteiger partial charge in [-0.15, -0.1) is 0 Å². The Morgan fingerprint density at radius 2 is 2.33 bits per heavy atom. The molecule has 2 rings (SSSR count). The zero-order chi connectivity index (χ0) is 15.5. The standard InChI is InChI=1S/C14H23N3O3S/c1-3-9-21(19,20)11(2)14(18)17-8-4-5-12(10-17)13-6-7-15-16-13/h6-7,11-12H,3-5,8-10H2,1-2H3,(H,15,16)/t11-,12+/m0/s1. The predicted molar refractivity (Wildman–Crippen MR) is 80.7 cm³/mol. The summed E-state index contributed by atoms with van der Waals surface area (Å²) < 4.78 is 24.1. The Morgan fingerprint density at radius 3 is 2.95 bits per heavy atom. The molecule has 0 aromatic carbocycles. The second-order valence-electron chi connectivity index (χ2n) is 5.64. The molecule has 0 unspecified atom stereocenters. The number of H-pyrrole nitrogens is 1. The van der Waals surface area contributed by atoms with Crippen LogP contribution in [0.4, 0.5) is 0 Å². The Kier molecular flexibility index (Phi) is 5.03. The molecule has 0 spiro atoms. The number of hydrogen-bond acceptors (Lipinski definition) is 4. The monoisotopic (exact) mass is 313 g/mol. The van der Waals surface area contributed by atoms with Gasteiger partial charge in [-0.05, 0) is 32.3 Å². The summed E-state index contributed by atoms with van der Waals surface area (Å²) in [4.78, 5) is 14.1. The number of aromatic amines is 1. The van der Waals surface area contributed by atoms with Crippen molar-refractivity contribution in [3.8, 4) is 0 Å². The van der Waals surface area contributed by atoms with Crippen LogP contribution in [-0.2, 0) is 14.6 Å². The minimum Gasteiger partial charge on any atom is -0.341 e. The van der Waals surface area contributed by atoms with E-state index in [2.05, 4.69) is 10.2 Å². The Morgan fingerprint density at radius 1 is 1.57 bits per heavy atom. The lowest BCUT2D eigenvalue weighted by atomic mass is 9.95. The lowest BCUT2D eigenvalue weighted by Crippen LogP contribution is -2.46. The van der Waals surface area contributed by atoms with Gasteiger partial charge in [-0.3, -0.25) is 9.89 Å². The molecule has 0 radical (unpaired) electrons. The first-order valence-electron chi connectivity index (χ1n) is 7.45. The Hall–Kier alpha value is -1.37. The molecule has 118 valence electrons. The third kappa shape index (κ3) is 3.64. The highest BCUT2D eigenvalue weighted by Gasteiger charge is 2.33. The molecule has 0 aliphatic carbocycles. The van der Waals surface area contributed by atoms with Crippen LogP contribution in [0.25, 0.3) is 0 Å². The van der Waals surface area contributed by atoms with Gasteiger partial charge >= 0.3 is 0 Å². The molecule has 21 heavy (non-hydrogen) atoms. The molecule has 2 heterocycles. The summed E-state index contributed by atoms with van der Waals surface area (Å²) in [5, 5.41) is 5.94. The fraction of sp³-hybridized carbons (Fsp3) is 0.714. The summed E-state index contributed by atoms with van der Waals surface area (Å²) in [5.41, 5.74) is 1.01. The van der Waals surface area contributed by atoms with Crippen molar-refractivity contribution in [3.63, 3.8) is 0 Å². The quantitative estimate of drug-likeness (QED) is 0.889. The van der Waals surface area contributed by atoms with Crippen LogP contribution in [0.5, 0.6) is 0 Å². The van der Waals surface area contributed by atoms with Crippen molar-refractivity contribution in [2.24, 2.45) is 0 Å². The van der Waals surface area contributed by atoms with Crippen molar-refractivity contribution in [3.05, 3.63) is 18.0 Å². The summed E-state index contributed by atoms with van der Waals surface area (Å²) in [6, 6.07) is 1.91. The number of sulfone groups is 1. The predicted octanol–water partition coefficient (Wildman–Crippen LogP) is 1.33. The van der Waals surface area contributed by atoms with Gasteiger partial charge in [0.05, 0.1) is 5.75 Å². The maximum Gasteiger partial charge on any atom is 0.240 e. The number of nitrogens with zero attached hydrogens (tertiary/aromatic N) is 2. The zero-order valence-electron chi connectivity index (χ0n) is 12.6. The number of hydrogen-bond donors (Lipinski definition) is 1. The van der Waals surface area contributed by atoms with Crippen molar-refractivity contribution in [1.29, 1.82) is 0 Å². The average Bonchev–Trinajstić information content (AvgIpc) is 3.00. The van der Waals surface area contributed by atoms with Crippen molar-refractivity contribution in [2.75, 3.05) is 18.8 Å². The largest absolute Gasteiger partial charge is 0.341 e. The molecule has 0 saturated carbocycles. The molecule has 1 fully saturated rings. The minimum absolute atomic E-state index is 0.0672. The van der Waals surface area contributed by atoms with Crippen LogP contribution < -0.4 is 0 Å². The number of nitrogens with one attached hydrogen (secondary N) is 1. The average molecular weight is 313 g/mol. The molecule has 7 heteroatoms. The van der Waals surface area contributed by atoms with Crippen LogP contribution in [0.3, 0.4) is 0 Å². The second-order valence-corrected chi connectivity index (χ2v) is 8.09. The van der Waals surface area contributed by atoms with Crippen LogP contribution in [-0.4, -0.2) is 53.5 Å². The van der Waals surface area contributed by atoms with E-state index < -0.39 is 15.1 Å². The molecule has 1 aromatic rings. The Bertz CT molecular complexity index is 568. The van der Waals surface area contributed by atoms with Crippen molar-refractivity contribution in [1.82, 2.24) is 15.1 Å². The van der Waals surface area contributed by atoms with E-state index in [9.17, 15) is 13.2 Å². The van der Waals surface area contributed by atoms with E-state index in [1.165, 1.54) is 6.92 Å². The van der Waals surface area contributed by atoms with E-state index in [-0.39, 0.29) is 17.6 Å². The summed E-state index contributed by atoms with van der Waals surface area (Å²) in [7, 11) is -3.34. The highest BCUT2D eigenvalue weighted by Crippen LogP contribution is 2.26. The molecule has 1 aliphatic rings. The van der Waals surface area contributed by atoms with Gasteiger partial charge in [-0.25, -0.2) is 8.42 Å². The summed E-state index contributed by atoms with van der Waals surface area (Å²) in [6.07, 6.45) is 4.11. The first-order chi connectivity index (χ1) is 9.95. The Balaban J connectivity index is 2.05. The molecular weight excluding hydrogens is 290 g/mol. The van der Waals surface area contributed by atoms with Gasteiger partial charge in [-0.1, -0.05) is 6.92 Å². The van der Waals surface area contributed by atoms with Crippen molar-refractivity contribution < 1.29 is 13.2 Å². The van der Waals surface area contributed by atoms with E-state index in [4.69, 9.17) is 0 Å². The van der Waals surface area contributed by atoms with Crippen molar-refractivity contribution >= 4 is 15.7 Å². The van der Waals surface area contributed by atoms with Crippen LogP contribution >= 0.6 is 0 Å². The summed E-state index contributed by atoms with van der Waals surface area (Å²) in [6.45, 7) is 4.51. The van der Waals surface area contributed by atoms with Crippen molar-refractivity contribution in [2.45, 2.75) is 44.3 Å². The molecule has 0 bridgehead atoms. The molecule has 1 aliphatic heterocycles. The molecule has 1 N–H and O–H groups in total. The number of likely N-dealkylation sites (tertiary alicyclic amines) is 1. The van der Waals surface area contributed by atoms with E-state index in [0.29, 0.717) is 19.5 Å². The number of carbonyl (C=O) groups excluding carboxylic acids is 1. The fourth-order valence-corrected chi connectivity index (χ4v) is 4.18. The maximum absolute atomic E-state index is 12.5. The number of amides is 1. The fourth-order valence-electron chi connectivity index (χ4n) is 2.80. The number of piperidine rings is 1. The van der Waals surface area contributed by atoms with E-state index in [1.807, 2.05) is 13.0 Å². The second kappa shape index (κ2) is 6.60. The van der Waals surface area contributed by atoms with Gasteiger partial charge in [0.15, 0.2) is 9.84 Å². The highest BCUT2D eigenvalue weighted by atomic mass is 32.2. The molecule has 1 amide bonds. The van der Waals surface area contributed by atoms with E-state index in [1.54, 1.807) is 11.1 Å². The maximum atomic E-state index is 12.5. The van der Waals surface area contributed by atoms with Crippen LogP contribution in [0.1, 0.15) is 44.7 Å². The molecule has 1 saturated heterocycles. The molecule has 2 atom stereocenters. The topological polar surface area (TPSA) is 83.1 Å². The van der Waals surface area contributed by atoms with Crippen LogP contribution in [0, 0.1) is 0 Å². The number of aromatic nitrogens is 2. The third-order valence-corrected chi connectivity index (χ3v) is 6.33. The summed E-state index contributed by atoms with van der Waals surface area (Å²) >= 11 is 0. The molecule has 6 nitrogen and oxygen atoms in total. The van der Waals surface area contributed by atoms with Gasteiger partial charge < -0.3 is 4.90 Å². The number of carbonyl (C=O) groups is 1. The molecule has 1 aromatic heterocycles. The normalized spacial score (nSPS) is 21.2. The SMILES string of the molecule is CCCS(=O)(=O)[C@@H](C)C(=O)N1CCC[C@@H](c2ccn[nH]2)C1. The lowest BCUT2D eigenvalue weighted by Gasteiger charge is -2.33. The molecular formula is C14H23N3O3S. The smallest absolute Gasteiger partial charge is 0.240 e. The van der Waals surface area contributed by atoms with Gasteiger partial charge in [0, 0.05) is 30.9 Å². The van der Waals surface area contributed by atoms with Gasteiger partial charge in [0.2, 0.25) is 5.91 Å². The van der Waals surface area contributed by atoms with Crippen LogP contribution in [0.2, 0.25) is 0 Å². The first kappa shape index (κ1) is 16.0. The summed E-state index contributed by atoms with van der Waals surface area (Å²) in [5.74, 6) is 0.0107. The minimum atomic E-state index is -3.34. The zero-order valence-corrected chi connectivity index (χ0v) is 13.4. The highest BCUT2D eigenvalue weighted by molar-refractivity contribution is 7.92. The van der Waals surface area contributed by atoms with E-state index in [0.717, 1.165) is 18.5 Å². The third-order valence-electron chi connectivity index (χ3n) is 4.07. The van der Waals surface area contributed by atoms with Gasteiger partial charge in [0.25, 0.3) is 0 Å². The first-order valence-corrected chi connectivity index (χ1v) is 9.17.